The van der Waals surface area contributed by atoms with Crippen molar-refractivity contribution in [1.29, 1.82) is 5.26 Å². The molecule has 20 heavy (non-hydrogen) atoms. The van der Waals surface area contributed by atoms with Gasteiger partial charge >= 0.3 is 0 Å². The summed E-state index contributed by atoms with van der Waals surface area (Å²) in [6.07, 6.45) is 1.35. The lowest BCUT2D eigenvalue weighted by atomic mass is 9.80. The SMILES string of the molecule is CC1(C)C(=O)N(C2CC(C#N)C2)c2cc(Br)c(F)nc21. The molecule has 0 N–H and O–H groups in total. The molecule has 1 aromatic rings. The van der Waals surface area contributed by atoms with Crippen LogP contribution in [0.25, 0.3) is 0 Å². The fourth-order valence-corrected chi connectivity index (χ4v) is 3.18. The van der Waals surface area contributed by atoms with Crippen molar-refractivity contribution in [3.05, 3.63) is 22.2 Å². The third-order valence-electron chi connectivity index (χ3n) is 4.18. The number of nitriles is 1. The van der Waals surface area contributed by atoms with Crippen LogP contribution in [-0.4, -0.2) is 16.9 Å². The van der Waals surface area contributed by atoms with Gasteiger partial charge in [0, 0.05) is 6.04 Å². The summed E-state index contributed by atoms with van der Waals surface area (Å²) >= 11 is 3.12. The van der Waals surface area contributed by atoms with Gasteiger partial charge in [-0.2, -0.15) is 9.65 Å². The topological polar surface area (TPSA) is 57.0 Å². The summed E-state index contributed by atoms with van der Waals surface area (Å²) in [7, 11) is 0. The highest BCUT2D eigenvalue weighted by Crippen LogP contribution is 2.46. The maximum absolute atomic E-state index is 13.7. The highest BCUT2D eigenvalue weighted by molar-refractivity contribution is 9.10. The van der Waals surface area contributed by atoms with E-state index in [0.717, 1.165) is 0 Å². The quantitative estimate of drug-likeness (QED) is 0.740. The summed E-state index contributed by atoms with van der Waals surface area (Å²) in [6, 6.07) is 3.85. The standard InChI is InChI=1S/C14H13BrFN3O/c1-14(2)11-10(5-9(15)12(16)18-11)19(13(14)20)8-3-7(4-8)6-17/h5,7-8H,3-4H2,1-2H3. The number of fused-ring (bicyclic) bond motifs is 1. The number of halogens is 2. The lowest BCUT2D eigenvalue weighted by Crippen LogP contribution is -2.49. The first-order valence-corrected chi connectivity index (χ1v) is 7.25. The van der Waals surface area contributed by atoms with Gasteiger partial charge in [0.15, 0.2) is 0 Å². The number of amides is 1. The van der Waals surface area contributed by atoms with Crippen LogP contribution in [0.3, 0.4) is 0 Å². The van der Waals surface area contributed by atoms with E-state index in [1.807, 2.05) is 0 Å². The second kappa shape index (κ2) is 4.26. The molecule has 0 spiro atoms. The van der Waals surface area contributed by atoms with Crippen molar-refractivity contribution in [2.45, 2.75) is 38.1 Å². The molecule has 4 nitrogen and oxygen atoms in total. The van der Waals surface area contributed by atoms with Crippen molar-refractivity contribution in [3.8, 4) is 6.07 Å². The summed E-state index contributed by atoms with van der Waals surface area (Å²) in [4.78, 5) is 18.2. The van der Waals surface area contributed by atoms with Crippen molar-refractivity contribution >= 4 is 27.5 Å². The van der Waals surface area contributed by atoms with E-state index in [9.17, 15) is 9.18 Å². The zero-order chi connectivity index (χ0) is 14.7. The van der Waals surface area contributed by atoms with E-state index in [-0.39, 0.29) is 22.3 Å². The lowest BCUT2D eigenvalue weighted by Gasteiger charge is -2.38. The molecule has 0 atom stereocenters. The molecule has 2 heterocycles. The van der Waals surface area contributed by atoms with Gasteiger partial charge in [-0.05, 0) is 48.7 Å². The third kappa shape index (κ3) is 1.69. The van der Waals surface area contributed by atoms with E-state index < -0.39 is 11.4 Å². The van der Waals surface area contributed by atoms with Gasteiger partial charge < -0.3 is 4.90 Å². The maximum atomic E-state index is 13.7. The Hall–Kier alpha value is -1.48. The largest absolute Gasteiger partial charge is 0.307 e. The van der Waals surface area contributed by atoms with Crippen LogP contribution in [0.15, 0.2) is 10.5 Å². The van der Waals surface area contributed by atoms with Crippen LogP contribution < -0.4 is 4.90 Å². The summed E-state index contributed by atoms with van der Waals surface area (Å²) < 4.78 is 13.9. The number of anilines is 1. The van der Waals surface area contributed by atoms with Crippen molar-refractivity contribution in [1.82, 2.24) is 4.98 Å². The molecule has 1 saturated carbocycles. The molecule has 3 rings (SSSR count). The van der Waals surface area contributed by atoms with E-state index in [1.165, 1.54) is 0 Å². The van der Waals surface area contributed by atoms with Crippen LogP contribution in [-0.2, 0) is 10.2 Å². The minimum absolute atomic E-state index is 0.0109. The molecule has 1 aliphatic heterocycles. The van der Waals surface area contributed by atoms with Gasteiger partial charge in [0.05, 0.1) is 33.3 Å². The average molecular weight is 338 g/mol. The molecule has 0 aromatic carbocycles. The van der Waals surface area contributed by atoms with Crippen LogP contribution in [0.5, 0.6) is 0 Å². The number of carbonyl (C=O) groups is 1. The molecule has 1 fully saturated rings. The Morgan fingerprint density at radius 2 is 2.20 bits per heavy atom. The molecule has 1 amide bonds. The first-order chi connectivity index (χ1) is 9.36. The number of carbonyl (C=O) groups excluding carboxylic acids is 1. The molecular weight excluding hydrogens is 325 g/mol. The zero-order valence-electron chi connectivity index (χ0n) is 11.2. The minimum atomic E-state index is -0.825. The van der Waals surface area contributed by atoms with Crippen LogP contribution >= 0.6 is 15.9 Å². The fourth-order valence-electron chi connectivity index (χ4n) is 2.88. The second-order valence-corrected chi connectivity index (χ2v) is 6.73. The number of nitrogens with zero attached hydrogens (tertiary/aromatic N) is 3. The molecule has 104 valence electrons. The Bertz CT molecular complexity index is 647. The summed E-state index contributed by atoms with van der Waals surface area (Å²) in [5.74, 6) is -0.661. The number of hydrogen-bond donors (Lipinski definition) is 0. The van der Waals surface area contributed by atoms with Crippen molar-refractivity contribution < 1.29 is 9.18 Å². The van der Waals surface area contributed by atoms with Gasteiger partial charge in [0.1, 0.15) is 0 Å². The number of rotatable bonds is 1. The first kappa shape index (κ1) is 13.5. The Morgan fingerprint density at radius 3 is 2.80 bits per heavy atom. The van der Waals surface area contributed by atoms with Crippen LogP contribution in [0.1, 0.15) is 32.4 Å². The molecule has 6 heteroatoms. The van der Waals surface area contributed by atoms with E-state index in [1.54, 1.807) is 24.8 Å². The zero-order valence-corrected chi connectivity index (χ0v) is 12.7. The van der Waals surface area contributed by atoms with Crippen molar-refractivity contribution in [2.24, 2.45) is 5.92 Å². The maximum Gasteiger partial charge on any atom is 0.239 e. The fraction of sp³-hybridized carbons (Fsp3) is 0.500. The summed E-state index contributed by atoms with van der Waals surface area (Å²) in [5, 5.41) is 8.87. The Labute approximate surface area is 124 Å². The van der Waals surface area contributed by atoms with Gasteiger partial charge in [-0.1, -0.05) is 0 Å². The molecule has 0 radical (unpaired) electrons. The number of aromatic nitrogens is 1. The Morgan fingerprint density at radius 1 is 1.55 bits per heavy atom. The predicted molar refractivity (Wildman–Crippen MR) is 74.5 cm³/mol. The molecular formula is C14H13BrFN3O. The van der Waals surface area contributed by atoms with Gasteiger partial charge in [0.25, 0.3) is 0 Å². The van der Waals surface area contributed by atoms with Crippen LogP contribution in [0.2, 0.25) is 0 Å². The normalized spacial score (nSPS) is 26.9. The van der Waals surface area contributed by atoms with E-state index >= 15 is 0 Å². The van der Waals surface area contributed by atoms with Gasteiger partial charge in [-0.3, -0.25) is 4.79 Å². The number of pyridine rings is 1. The average Bonchev–Trinajstić information content (AvgIpc) is 2.51. The second-order valence-electron chi connectivity index (χ2n) is 5.88. The smallest absolute Gasteiger partial charge is 0.239 e. The highest BCUT2D eigenvalue weighted by Gasteiger charge is 2.50. The molecule has 0 bridgehead atoms. The Balaban J connectivity index is 2.05. The highest BCUT2D eigenvalue weighted by atomic mass is 79.9. The van der Waals surface area contributed by atoms with E-state index in [2.05, 4.69) is 27.0 Å². The summed E-state index contributed by atoms with van der Waals surface area (Å²) in [6.45, 7) is 3.52. The van der Waals surface area contributed by atoms with Gasteiger partial charge in [-0.25, -0.2) is 4.98 Å². The van der Waals surface area contributed by atoms with E-state index in [0.29, 0.717) is 24.2 Å². The van der Waals surface area contributed by atoms with Crippen molar-refractivity contribution in [2.75, 3.05) is 4.90 Å². The monoisotopic (exact) mass is 337 g/mol. The van der Waals surface area contributed by atoms with Gasteiger partial charge in [-0.15, -0.1) is 0 Å². The molecule has 1 aliphatic carbocycles. The Kier molecular flexibility index (Phi) is 2.87. The minimum Gasteiger partial charge on any atom is -0.307 e. The molecule has 0 saturated heterocycles. The molecule has 2 aliphatic rings. The first-order valence-electron chi connectivity index (χ1n) is 6.46. The van der Waals surface area contributed by atoms with E-state index in [4.69, 9.17) is 5.26 Å². The molecule has 0 unspecified atom stereocenters. The number of hydrogen-bond acceptors (Lipinski definition) is 3. The van der Waals surface area contributed by atoms with Crippen molar-refractivity contribution in [3.63, 3.8) is 0 Å². The predicted octanol–water partition coefficient (Wildman–Crippen LogP) is 2.91. The van der Waals surface area contributed by atoms with Crippen LogP contribution in [0, 0.1) is 23.2 Å². The summed E-state index contributed by atoms with van der Waals surface area (Å²) in [5.41, 5.74) is 0.312. The van der Waals surface area contributed by atoms with Crippen LogP contribution in [0.4, 0.5) is 10.1 Å². The van der Waals surface area contributed by atoms with Gasteiger partial charge in [0.2, 0.25) is 11.9 Å². The lowest BCUT2D eigenvalue weighted by molar-refractivity contribution is -0.123. The molecule has 1 aromatic heterocycles. The third-order valence-corrected chi connectivity index (χ3v) is 4.74.